The van der Waals surface area contributed by atoms with Crippen molar-refractivity contribution in [3.05, 3.63) is 249 Å². The molecule has 13 rings (SSSR count). The molecule has 0 atom stereocenters. The predicted octanol–water partition coefficient (Wildman–Crippen LogP) is 16.5. The highest BCUT2D eigenvalue weighted by Gasteiger charge is 2.27. The van der Waals surface area contributed by atoms with Crippen molar-refractivity contribution in [2.45, 2.75) is 0 Å². The Balaban J connectivity index is 1.20. The molecule has 0 fully saturated rings. The first-order valence-corrected chi connectivity index (χ1v) is 22.4. The van der Waals surface area contributed by atoms with Gasteiger partial charge in [-0.1, -0.05) is 200 Å². The highest BCUT2D eigenvalue weighted by Crippen LogP contribution is 2.48. The van der Waals surface area contributed by atoms with Gasteiger partial charge in [0.15, 0.2) is 0 Å². The van der Waals surface area contributed by atoms with Crippen molar-refractivity contribution in [3.63, 3.8) is 0 Å². The molecule has 0 aliphatic carbocycles. The zero-order valence-electron chi connectivity index (χ0n) is 35.5. The molecule has 0 aliphatic rings. The van der Waals surface area contributed by atoms with Crippen LogP contribution in [-0.2, 0) is 0 Å². The van der Waals surface area contributed by atoms with E-state index in [1.54, 1.807) is 0 Å². The van der Waals surface area contributed by atoms with Crippen molar-refractivity contribution in [3.8, 4) is 61.7 Å². The number of nitrogens with zero attached hydrogens (tertiary/aromatic N) is 3. The van der Waals surface area contributed by atoms with Gasteiger partial charge < -0.3 is 13.7 Å². The van der Waals surface area contributed by atoms with Crippen molar-refractivity contribution < 1.29 is 0 Å². The second kappa shape index (κ2) is 15.0. The Morgan fingerprint density at radius 2 is 0.662 bits per heavy atom. The van der Waals surface area contributed by atoms with Crippen LogP contribution < -0.4 is 0 Å². The minimum absolute atomic E-state index is 1.09. The summed E-state index contributed by atoms with van der Waals surface area (Å²) in [5, 5.41) is 6.08. The van der Waals surface area contributed by atoms with Gasteiger partial charge in [0.2, 0.25) is 0 Å². The molecule has 0 unspecified atom stereocenters. The quantitative estimate of drug-likeness (QED) is 0.152. The first-order valence-electron chi connectivity index (χ1n) is 22.4. The maximum atomic E-state index is 2.54. The number of rotatable bonds is 7. The third-order valence-corrected chi connectivity index (χ3v) is 13.2. The number of hydrogen-bond donors (Lipinski definition) is 0. The van der Waals surface area contributed by atoms with Gasteiger partial charge >= 0.3 is 0 Å². The topological polar surface area (TPSA) is 14.8 Å². The number of hydrogen-bond acceptors (Lipinski definition) is 0. The molecule has 3 heterocycles. The van der Waals surface area contributed by atoms with Crippen LogP contribution in [-0.4, -0.2) is 13.7 Å². The standard InChI is InChI=1S/C62H41N3/c1-6-20-42(21-7-1)46-34-35-53-51-30-16-18-32-56(51)63(58(53)40-46)49-38-47(43-22-8-2-9-23-43)39-50(41-49)64-57-33-19-17-31-52(57)54-36-37-55-59(44-24-10-3-11-25-44)60(45-26-12-4-13-27-45)65(62(55)61(54)64)48-28-14-5-15-29-48/h1-41H. The van der Waals surface area contributed by atoms with Crippen LogP contribution in [0.4, 0.5) is 0 Å². The van der Waals surface area contributed by atoms with Crippen LogP contribution in [0.25, 0.3) is 116 Å². The number of benzene rings is 10. The highest BCUT2D eigenvalue weighted by atomic mass is 15.1. The maximum absolute atomic E-state index is 2.54. The Kier molecular flexibility index (Phi) is 8.53. The highest BCUT2D eigenvalue weighted by molar-refractivity contribution is 6.22. The summed E-state index contributed by atoms with van der Waals surface area (Å²) in [7, 11) is 0. The molecule has 65 heavy (non-hydrogen) atoms. The van der Waals surface area contributed by atoms with Gasteiger partial charge in [-0.2, -0.15) is 0 Å². The molecule has 0 aliphatic heterocycles. The second-order valence-corrected chi connectivity index (χ2v) is 16.9. The number of aromatic nitrogens is 3. The molecule has 0 radical (unpaired) electrons. The van der Waals surface area contributed by atoms with Crippen molar-refractivity contribution >= 4 is 54.5 Å². The first kappa shape index (κ1) is 36.9. The van der Waals surface area contributed by atoms with Crippen molar-refractivity contribution in [1.29, 1.82) is 0 Å². The molecule has 0 amide bonds. The summed E-state index contributed by atoms with van der Waals surface area (Å²) in [6.07, 6.45) is 0. The Labute approximate surface area is 376 Å². The average molecular weight is 828 g/mol. The molecule has 3 nitrogen and oxygen atoms in total. The summed E-state index contributed by atoms with van der Waals surface area (Å²) in [6, 6.07) is 90.8. The van der Waals surface area contributed by atoms with Gasteiger partial charge in [-0.15, -0.1) is 0 Å². The van der Waals surface area contributed by atoms with E-state index in [1.807, 2.05) is 0 Å². The number of para-hydroxylation sites is 3. The van der Waals surface area contributed by atoms with E-state index in [4.69, 9.17) is 0 Å². The maximum Gasteiger partial charge on any atom is 0.0789 e. The van der Waals surface area contributed by atoms with E-state index < -0.39 is 0 Å². The van der Waals surface area contributed by atoms with Crippen LogP contribution >= 0.6 is 0 Å². The summed E-state index contributed by atoms with van der Waals surface area (Å²) < 4.78 is 7.53. The molecule has 0 saturated carbocycles. The van der Waals surface area contributed by atoms with Gasteiger partial charge in [0.25, 0.3) is 0 Å². The zero-order chi connectivity index (χ0) is 42.8. The van der Waals surface area contributed by atoms with Gasteiger partial charge in [-0.25, -0.2) is 0 Å². The third kappa shape index (κ3) is 5.90. The smallest absolute Gasteiger partial charge is 0.0789 e. The van der Waals surface area contributed by atoms with Crippen molar-refractivity contribution in [1.82, 2.24) is 13.7 Å². The van der Waals surface area contributed by atoms with Crippen molar-refractivity contribution in [2.24, 2.45) is 0 Å². The summed E-state index contributed by atoms with van der Waals surface area (Å²) in [6.45, 7) is 0. The van der Waals surface area contributed by atoms with Gasteiger partial charge in [0.05, 0.1) is 33.3 Å². The minimum atomic E-state index is 1.09. The average Bonchev–Trinajstić information content (AvgIpc) is 4.03. The lowest BCUT2D eigenvalue weighted by atomic mass is 9.98. The van der Waals surface area contributed by atoms with Gasteiger partial charge in [-0.05, 0) is 81.9 Å². The Morgan fingerprint density at radius 1 is 0.215 bits per heavy atom. The Bertz CT molecular complexity index is 3900. The summed E-state index contributed by atoms with van der Waals surface area (Å²) in [5.41, 5.74) is 18.6. The lowest BCUT2D eigenvalue weighted by Gasteiger charge is -2.17. The lowest BCUT2D eigenvalue weighted by Crippen LogP contribution is -2.02. The molecule has 0 N–H and O–H groups in total. The van der Waals surface area contributed by atoms with E-state index in [9.17, 15) is 0 Å². The fraction of sp³-hybridized carbons (Fsp3) is 0. The van der Waals surface area contributed by atoms with Crippen LogP contribution in [0.2, 0.25) is 0 Å². The molecule has 13 aromatic rings. The third-order valence-electron chi connectivity index (χ3n) is 13.2. The number of fused-ring (bicyclic) bond motifs is 8. The molecular formula is C62H41N3. The molecule has 3 heteroatoms. The van der Waals surface area contributed by atoms with Crippen LogP contribution in [0, 0.1) is 0 Å². The Hall–Kier alpha value is -8.66. The van der Waals surface area contributed by atoms with Crippen LogP contribution in [0.3, 0.4) is 0 Å². The second-order valence-electron chi connectivity index (χ2n) is 16.9. The molecule has 3 aromatic heterocycles. The Morgan fingerprint density at radius 3 is 1.31 bits per heavy atom. The van der Waals surface area contributed by atoms with E-state index >= 15 is 0 Å². The monoisotopic (exact) mass is 827 g/mol. The molecule has 10 aromatic carbocycles. The summed E-state index contributed by atoms with van der Waals surface area (Å²) in [5.74, 6) is 0. The fourth-order valence-corrected chi connectivity index (χ4v) is 10.4. The van der Waals surface area contributed by atoms with E-state index in [-0.39, 0.29) is 0 Å². The van der Waals surface area contributed by atoms with Gasteiger partial charge in [0, 0.05) is 49.6 Å². The predicted molar refractivity (Wildman–Crippen MR) is 274 cm³/mol. The largest absolute Gasteiger partial charge is 0.309 e. The van der Waals surface area contributed by atoms with E-state index in [0.29, 0.717) is 0 Å². The van der Waals surface area contributed by atoms with Crippen LogP contribution in [0.1, 0.15) is 0 Å². The van der Waals surface area contributed by atoms with E-state index in [1.165, 1.54) is 71.4 Å². The minimum Gasteiger partial charge on any atom is -0.309 e. The summed E-state index contributed by atoms with van der Waals surface area (Å²) in [4.78, 5) is 0. The first-order chi connectivity index (χ1) is 32.3. The van der Waals surface area contributed by atoms with Gasteiger partial charge in [-0.3, -0.25) is 0 Å². The van der Waals surface area contributed by atoms with Gasteiger partial charge in [0.1, 0.15) is 0 Å². The SMILES string of the molecule is c1ccc(-c2cc(-n3c4ccccc4c4ccc(-c5ccccc5)cc43)cc(-n3c4ccccc4c4ccc5c(-c6ccccc6)c(-c6ccccc6)n(-c6ccccc6)c5c43)c2)cc1. The molecule has 0 spiro atoms. The van der Waals surface area contributed by atoms with E-state index in [2.05, 4.69) is 262 Å². The van der Waals surface area contributed by atoms with Crippen LogP contribution in [0.5, 0.6) is 0 Å². The fourth-order valence-electron chi connectivity index (χ4n) is 10.4. The zero-order valence-corrected chi connectivity index (χ0v) is 35.5. The molecule has 304 valence electrons. The molecule has 0 saturated heterocycles. The summed E-state index contributed by atoms with van der Waals surface area (Å²) >= 11 is 0. The van der Waals surface area contributed by atoms with E-state index in [0.717, 1.165) is 44.8 Å². The van der Waals surface area contributed by atoms with Crippen molar-refractivity contribution in [2.75, 3.05) is 0 Å². The normalized spacial score (nSPS) is 11.7. The molecular weight excluding hydrogens is 787 g/mol. The van der Waals surface area contributed by atoms with Crippen LogP contribution in [0.15, 0.2) is 249 Å². The molecule has 0 bridgehead atoms. The lowest BCUT2D eigenvalue weighted by molar-refractivity contribution is 1.11.